The van der Waals surface area contributed by atoms with Crippen molar-refractivity contribution in [3.8, 4) is 6.07 Å². The van der Waals surface area contributed by atoms with Crippen LogP contribution in [0.15, 0.2) is 16.7 Å². The van der Waals surface area contributed by atoms with Crippen LogP contribution in [0.5, 0.6) is 0 Å². The molecule has 3 heteroatoms. The highest BCUT2D eigenvalue weighted by Crippen LogP contribution is 2.22. The number of hydrogen-bond donors (Lipinski definition) is 0. The van der Waals surface area contributed by atoms with E-state index in [4.69, 9.17) is 9.68 Å². The number of rotatable bonds is 4. The third-order valence-corrected chi connectivity index (χ3v) is 3.17. The SMILES string of the molecule is CCC(C#N)SCc1occc1C. The quantitative estimate of drug-likeness (QED) is 0.740. The first kappa shape index (κ1) is 10.2. The maximum Gasteiger partial charge on any atom is 0.116 e. The molecule has 0 bridgehead atoms. The van der Waals surface area contributed by atoms with E-state index >= 15 is 0 Å². The van der Waals surface area contributed by atoms with Gasteiger partial charge in [0.05, 0.1) is 23.3 Å². The molecule has 1 heterocycles. The number of thioether (sulfide) groups is 1. The third-order valence-electron chi connectivity index (χ3n) is 1.90. The molecule has 1 rings (SSSR count). The molecule has 0 N–H and O–H groups in total. The van der Waals surface area contributed by atoms with Crippen molar-refractivity contribution in [1.29, 1.82) is 5.26 Å². The molecule has 0 saturated carbocycles. The lowest BCUT2D eigenvalue weighted by atomic mass is 10.3. The molecule has 0 aromatic carbocycles. The van der Waals surface area contributed by atoms with Gasteiger partial charge in [0.15, 0.2) is 0 Å². The molecular weight excluding hydrogens is 182 g/mol. The van der Waals surface area contributed by atoms with E-state index in [2.05, 4.69) is 6.07 Å². The summed E-state index contributed by atoms with van der Waals surface area (Å²) in [6, 6.07) is 4.20. The number of nitrogens with zero attached hydrogens (tertiary/aromatic N) is 1. The van der Waals surface area contributed by atoms with Gasteiger partial charge in [-0.25, -0.2) is 0 Å². The van der Waals surface area contributed by atoms with Gasteiger partial charge in [0.2, 0.25) is 0 Å². The van der Waals surface area contributed by atoms with Crippen LogP contribution in [0, 0.1) is 18.3 Å². The van der Waals surface area contributed by atoms with Crippen molar-refractivity contribution in [2.75, 3.05) is 0 Å². The summed E-state index contributed by atoms with van der Waals surface area (Å²) in [6.07, 6.45) is 2.58. The average Bonchev–Trinajstić information content (AvgIpc) is 2.54. The van der Waals surface area contributed by atoms with Crippen LogP contribution >= 0.6 is 11.8 Å². The van der Waals surface area contributed by atoms with Crippen LogP contribution in [0.3, 0.4) is 0 Å². The summed E-state index contributed by atoms with van der Waals surface area (Å²) < 4.78 is 5.27. The van der Waals surface area contributed by atoms with E-state index in [-0.39, 0.29) is 5.25 Å². The Balaban J connectivity index is 2.44. The van der Waals surface area contributed by atoms with Crippen molar-refractivity contribution < 1.29 is 4.42 Å². The summed E-state index contributed by atoms with van der Waals surface area (Å²) in [5, 5.41) is 8.81. The highest BCUT2D eigenvalue weighted by Gasteiger charge is 2.07. The standard InChI is InChI=1S/C10H13NOS/c1-3-9(6-11)13-7-10-8(2)4-5-12-10/h4-5,9H,3,7H2,1-2H3. The van der Waals surface area contributed by atoms with Crippen LogP contribution in [-0.4, -0.2) is 5.25 Å². The summed E-state index contributed by atoms with van der Waals surface area (Å²) >= 11 is 1.64. The second-order valence-corrected chi connectivity index (χ2v) is 4.05. The Hall–Kier alpha value is -0.880. The molecule has 1 aromatic heterocycles. The van der Waals surface area contributed by atoms with Crippen molar-refractivity contribution in [2.45, 2.75) is 31.3 Å². The molecule has 0 saturated heterocycles. The van der Waals surface area contributed by atoms with Crippen molar-refractivity contribution in [3.63, 3.8) is 0 Å². The van der Waals surface area contributed by atoms with Crippen LogP contribution in [0.4, 0.5) is 0 Å². The Labute approximate surface area is 82.9 Å². The van der Waals surface area contributed by atoms with Crippen LogP contribution < -0.4 is 0 Å². The molecule has 1 unspecified atom stereocenters. The minimum absolute atomic E-state index is 0.0875. The number of aryl methyl sites for hydroxylation is 1. The van der Waals surface area contributed by atoms with Crippen LogP contribution in [0.25, 0.3) is 0 Å². The van der Waals surface area contributed by atoms with Crippen molar-refractivity contribution in [3.05, 3.63) is 23.7 Å². The zero-order valence-corrected chi connectivity index (χ0v) is 8.73. The highest BCUT2D eigenvalue weighted by molar-refractivity contribution is 7.99. The van der Waals surface area contributed by atoms with Gasteiger partial charge in [0.25, 0.3) is 0 Å². The topological polar surface area (TPSA) is 36.9 Å². The number of nitriles is 1. The van der Waals surface area contributed by atoms with Gasteiger partial charge in [-0.05, 0) is 25.0 Å². The van der Waals surface area contributed by atoms with Gasteiger partial charge >= 0.3 is 0 Å². The van der Waals surface area contributed by atoms with E-state index in [9.17, 15) is 0 Å². The summed E-state index contributed by atoms with van der Waals surface area (Å²) in [5.41, 5.74) is 1.17. The minimum atomic E-state index is 0.0875. The van der Waals surface area contributed by atoms with Crippen LogP contribution in [0.1, 0.15) is 24.7 Å². The minimum Gasteiger partial charge on any atom is -0.468 e. The van der Waals surface area contributed by atoms with Gasteiger partial charge in [0, 0.05) is 0 Å². The van der Waals surface area contributed by atoms with E-state index in [1.807, 2.05) is 19.9 Å². The molecule has 13 heavy (non-hydrogen) atoms. The molecule has 2 nitrogen and oxygen atoms in total. The first-order chi connectivity index (χ1) is 6.27. The predicted octanol–water partition coefficient (Wildman–Crippen LogP) is 3.12. The highest BCUT2D eigenvalue weighted by atomic mass is 32.2. The molecule has 0 spiro atoms. The van der Waals surface area contributed by atoms with E-state index in [0.29, 0.717) is 0 Å². The normalized spacial score (nSPS) is 12.4. The van der Waals surface area contributed by atoms with Gasteiger partial charge in [-0.3, -0.25) is 0 Å². The molecule has 0 aliphatic heterocycles. The molecule has 0 aliphatic rings. The Bertz CT molecular complexity index is 300. The monoisotopic (exact) mass is 195 g/mol. The second kappa shape index (κ2) is 4.98. The lowest BCUT2D eigenvalue weighted by molar-refractivity contribution is 0.527. The molecule has 0 amide bonds. The first-order valence-electron chi connectivity index (χ1n) is 4.32. The van der Waals surface area contributed by atoms with Crippen LogP contribution in [0.2, 0.25) is 0 Å². The fourth-order valence-electron chi connectivity index (χ4n) is 0.975. The fraction of sp³-hybridized carbons (Fsp3) is 0.500. The van der Waals surface area contributed by atoms with Crippen molar-refractivity contribution >= 4 is 11.8 Å². The Kier molecular flexibility index (Phi) is 3.91. The lowest BCUT2D eigenvalue weighted by Gasteiger charge is -2.03. The number of hydrogen-bond acceptors (Lipinski definition) is 3. The zero-order valence-electron chi connectivity index (χ0n) is 7.91. The van der Waals surface area contributed by atoms with Crippen molar-refractivity contribution in [1.82, 2.24) is 0 Å². The summed E-state index contributed by atoms with van der Waals surface area (Å²) in [4.78, 5) is 0. The molecule has 1 aromatic rings. The molecule has 70 valence electrons. The van der Waals surface area contributed by atoms with E-state index in [1.54, 1.807) is 18.0 Å². The summed E-state index contributed by atoms with van der Waals surface area (Å²) in [7, 11) is 0. The van der Waals surface area contributed by atoms with E-state index in [0.717, 1.165) is 17.9 Å². The van der Waals surface area contributed by atoms with Crippen LogP contribution in [-0.2, 0) is 5.75 Å². The Morgan fingerprint density at radius 2 is 2.46 bits per heavy atom. The Morgan fingerprint density at radius 3 is 2.92 bits per heavy atom. The predicted molar refractivity (Wildman–Crippen MR) is 54.4 cm³/mol. The zero-order chi connectivity index (χ0) is 9.68. The smallest absolute Gasteiger partial charge is 0.116 e. The summed E-state index contributed by atoms with van der Waals surface area (Å²) in [5.74, 6) is 1.78. The lowest BCUT2D eigenvalue weighted by Crippen LogP contribution is -1.96. The van der Waals surface area contributed by atoms with E-state index < -0.39 is 0 Å². The molecule has 0 radical (unpaired) electrons. The Morgan fingerprint density at radius 1 is 1.69 bits per heavy atom. The average molecular weight is 195 g/mol. The molecule has 1 atom stereocenters. The van der Waals surface area contributed by atoms with Gasteiger partial charge in [-0.2, -0.15) is 5.26 Å². The largest absolute Gasteiger partial charge is 0.468 e. The van der Waals surface area contributed by atoms with Gasteiger partial charge < -0.3 is 4.42 Å². The first-order valence-corrected chi connectivity index (χ1v) is 5.37. The van der Waals surface area contributed by atoms with Crippen molar-refractivity contribution in [2.24, 2.45) is 0 Å². The molecule has 0 aliphatic carbocycles. The third kappa shape index (κ3) is 2.82. The fourth-order valence-corrected chi connectivity index (χ4v) is 1.93. The van der Waals surface area contributed by atoms with E-state index in [1.165, 1.54) is 5.56 Å². The maximum atomic E-state index is 8.72. The number of furan rings is 1. The van der Waals surface area contributed by atoms with Gasteiger partial charge in [-0.1, -0.05) is 6.92 Å². The van der Waals surface area contributed by atoms with Gasteiger partial charge in [-0.15, -0.1) is 11.8 Å². The molecular formula is C10H13NOS. The van der Waals surface area contributed by atoms with Gasteiger partial charge in [0.1, 0.15) is 5.76 Å². The maximum absolute atomic E-state index is 8.72. The molecule has 0 fully saturated rings. The second-order valence-electron chi connectivity index (χ2n) is 2.86. The summed E-state index contributed by atoms with van der Waals surface area (Å²) in [6.45, 7) is 4.04.